The third-order valence-electron chi connectivity index (χ3n) is 1.91. The molecule has 0 saturated carbocycles. The summed E-state index contributed by atoms with van der Waals surface area (Å²) in [4.78, 5) is 23.5. The molecule has 0 bridgehead atoms. The molecule has 0 saturated heterocycles. The zero-order valence-electron chi connectivity index (χ0n) is 11.3. The van der Waals surface area contributed by atoms with Crippen molar-refractivity contribution in [3.05, 3.63) is 0 Å². The average Bonchev–Trinajstić information content (AvgIpc) is 2.42. The van der Waals surface area contributed by atoms with Crippen LogP contribution in [0.1, 0.15) is 20.3 Å². The van der Waals surface area contributed by atoms with Crippen LogP contribution in [0.4, 0.5) is 5.95 Å². The summed E-state index contributed by atoms with van der Waals surface area (Å²) in [6, 6.07) is 0.264. The van der Waals surface area contributed by atoms with Crippen LogP contribution in [-0.2, 0) is 9.53 Å². The summed E-state index contributed by atoms with van der Waals surface area (Å²) in [5.41, 5.74) is 0. The Kier molecular flexibility index (Phi) is 6.94. The third kappa shape index (κ3) is 5.73. The number of rotatable bonds is 8. The van der Waals surface area contributed by atoms with Gasteiger partial charge in [0.15, 0.2) is 5.16 Å². The van der Waals surface area contributed by atoms with E-state index < -0.39 is 0 Å². The molecule has 8 heteroatoms. The van der Waals surface area contributed by atoms with Crippen molar-refractivity contribution < 1.29 is 14.3 Å². The van der Waals surface area contributed by atoms with Crippen LogP contribution in [0.5, 0.6) is 6.01 Å². The molecule has 0 aromatic carbocycles. The summed E-state index contributed by atoms with van der Waals surface area (Å²) in [6.07, 6.45) is 0.868. The van der Waals surface area contributed by atoms with Gasteiger partial charge in [0.2, 0.25) is 5.95 Å². The topological polar surface area (TPSA) is 86.2 Å². The van der Waals surface area contributed by atoms with Crippen molar-refractivity contribution in [3.63, 3.8) is 0 Å². The second-order valence-corrected chi connectivity index (χ2v) is 4.41. The van der Waals surface area contributed by atoms with E-state index in [1.165, 1.54) is 18.9 Å². The lowest BCUT2D eigenvalue weighted by atomic mass is 10.5. The molecule has 0 spiro atoms. The van der Waals surface area contributed by atoms with Gasteiger partial charge in [0, 0.05) is 6.54 Å². The number of methoxy groups -OCH3 is 1. The lowest BCUT2D eigenvalue weighted by molar-refractivity contribution is -0.137. The fourth-order valence-electron chi connectivity index (χ4n) is 1.08. The van der Waals surface area contributed by atoms with Gasteiger partial charge in [0.1, 0.15) is 0 Å². The van der Waals surface area contributed by atoms with E-state index >= 15 is 0 Å². The van der Waals surface area contributed by atoms with Gasteiger partial charge in [-0.3, -0.25) is 4.79 Å². The van der Waals surface area contributed by atoms with Gasteiger partial charge < -0.3 is 14.8 Å². The maximum absolute atomic E-state index is 11.1. The number of esters is 1. The fraction of sp³-hybridized carbons (Fsp3) is 0.636. The highest BCUT2D eigenvalue weighted by Gasteiger charge is 2.10. The summed E-state index contributed by atoms with van der Waals surface area (Å²) in [5, 5.41) is 3.43. The van der Waals surface area contributed by atoms with Gasteiger partial charge >= 0.3 is 12.0 Å². The zero-order valence-corrected chi connectivity index (χ0v) is 12.1. The number of nitrogens with zero attached hydrogens (tertiary/aromatic N) is 3. The van der Waals surface area contributed by atoms with Crippen molar-refractivity contribution >= 4 is 23.7 Å². The first-order valence-corrected chi connectivity index (χ1v) is 7.00. The van der Waals surface area contributed by atoms with Crippen molar-refractivity contribution in [1.82, 2.24) is 15.0 Å². The molecule has 0 amide bonds. The minimum absolute atomic E-state index is 0.152. The second kappa shape index (κ2) is 8.52. The highest BCUT2D eigenvalue weighted by Crippen LogP contribution is 2.17. The van der Waals surface area contributed by atoms with Crippen LogP contribution in [0.3, 0.4) is 0 Å². The smallest absolute Gasteiger partial charge is 0.322 e. The van der Waals surface area contributed by atoms with E-state index in [-0.39, 0.29) is 17.7 Å². The van der Waals surface area contributed by atoms with Crippen LogP contribution < -0.4 is 10.1 Å². The standard InChI is InChI=1S/C11H18N4O3S/c1-4-6-18-10-13-9(12-5-2)14-11(15-10)19-7-8(16)17-3/h4-7H2,1-3H3,(H,12,13,14,15). The molecule has 1 aromatic heterocycles. The summed E-state index contributed by atoms with van der Waals surface area (Å²) in [5.74, 6) is 0.265. The Morgan fingerprint density at radius 2 is 2.11 bits per heavy atom. The first kappa shape index (κ1) is 15.5. The number of anilines is 1. The van der Waals surface area contributed by atoms with Crippen LogP contribution in [-0.4, -0.2) is 46.9 Å². The molecule has 19 heavy (non-hydrogen) atoms. The van der Waals surface area contributed by atoms with Gasteiger partial charge in [-0.05, 0) is 13.3 Å². The average molecular weight is 286 g/mol. The number of aromatic nitrogens is 3. The van der Waals surface area contributed by atoms with Crippen molar-refractivity contribution in [2.24, 2.45) is 0 Å². The van der Waals surface area contributed by atoms with E-state index in [1.54, 1.807) is 0 Å². The lowest BCUT2D eigenvalue weighted by Crippen LogP contribution is -2.09. The maximum Gasteiger partial charge on any atom is 0.322 e. The van der Waals surface area contributed by atoms with Crippen LogP contribution in [0.2, 0.25) is 0 Å². The van der Waals surface area contributed by atoms with Gasteiger partial charge in [-0.1, -0.05) is 18.7 Å². The molecule has 0 aliphatic carbocycles. The molecule has 0 fully saturated rings. The van der Waals surface area contributed by atoms with Crippen molar-refractivity contribution in [1.29, 1.82) is 0 Å². The van der Waals surface area contributed by atoms with Crippen molar-refractivity contribution in [2.75, 3.05) is 31.3 Å². The zero-order chi connectivity index (χ0) is 14.1. The largest absolute Gasteiger partial charge is 0.468 e. The fourth-order valence-corrected chi connectivity index (χ4v) is 1.74. The molecule has 106 valence electrons. The predicted molar refractivity (Wildman–Crippen MR) is 72.5 cm³/mol. The molecule has 7 nitrogen and oxygen atoms in total. The van der Waals surface area contributed by atoms with Crippen LogP contribution in [0, 0.1) is 0 Å². The summed E-state index contributed by atoms with van der Waals surface area (Å²) < 4.78 is 9.95. The minimum Gasteiger partial charge on any atom is -0.468 e. The summed E-state index contributed by atoms with van der Waals surface area (Å²) in [7, 11) is 1.34. The lowest BCUT2D eigenvalue weighted by Gasteiger charge is -2.07. The molecule has 0 radical (unpaired) electrons. The predicted octanol–water partition coefficient (Wildman–Crippen LogP) is 1.36. The minimum atomic E-state index is -0.327. The van der Waals surface area contributed by atoms with Crippen LogP contribution in [0.15, 0.2) is 5.16 Å². The number of carbonyl (C=O) groups is 1. The van der Waals surface area contributed by atoms with Gasteiger partial charge in [-0.2, -0.15) is 15.0 Å². The van der Waals surface area contributed by atoms with Gasteiger partial charge in [0.05, 0.1) is 19.5 Å². The summed E-state index contributed by atoms with van der Waals surface area (Å²) in [6.45, 7) is 5.17. The molecule has 0 atom stereocenters. The quantitative estimate of drug-likeness (QED) is 0.566. The highest BCUT2D eigenvalue weighted by molar-refractivity contribution is 7.99. The van der Waals surface area contributed by atoms with E-state index in [4.69, 9.17) is 4.74 Å². The molecule has 0 unspecified atom stereocenters. The van der Waals surface area contributed by atoms with E-state index in [0.717, 1.165) is 6.42 Å². The van der Waals surface area contributed by atoms with E-state index in [9.17, 15) is 4.79 Å². The Balaban J connectivity index is 2.76. The van der Waals surface area contributed by atoms with Gasteiger partial charge in [0.25, 0.3) is 0 Å². The first-order chi connectivity index (χ1) is 9.19. The Bertz CT molecular complexity index is 417. The number of ether oxygens (including phenoxy) is 2. The number of carbonyl (C=O) groups excluding carboxylic acids is 1. The van der Waals surface area contributed by atoms with Gasteiger partial charge in [-0.25, -0.2) is 0 Å². The molecule has 1 rings (SSSR count). The van der Waals surface area contributed by atoms with Crippen molar-refractivity contribution in [2.45, 2.75) is 25.4 Å². The Hall–Kier alpha value is -1.57. The molecule has 0 aliphatic rings. The van der Waals surface area contributed by atoms with Crippen LogP contribution >= 0.6 is 11.8 Å². The molecule has 1 heterocycles. The highest BCUT2D eigenvalue weighted by atomic mass is 32.2. The molecule has 0 aliphatic heterocycles. The van der Waals surface area contributed by atoms with E-state index in [2.05, 4.69) is 25.0 Å². The monoisotopic (exact) mass is 286 g/mol. The number of nitrogens with one attached hydrogen (secondary N) is 1. The molecular formula is C11H18N4O3S. The van der Waals surface area contributed by atoms with E-state index in [0.29, 0.717) is 24.3 Å². The van der Waals surface area contributed by atoms with E-state index in [1.807, 2.05) is 13.8 Å². The Labute approximate surface area is 116 Å². The third-order valence-corrected chi connectivity index (χ3v) is 2.73. The maximum atomic E-state index is 11.1. The van der Waals surface area contributed by atoms with Crippen molar-refractivity contribution in [3.8, 4) is 6.01 Å². The number of hydrogen-bond acceptors (Lipinski definition) is 8. The second-order valence-electron chi connectivity index (χ2n) is 3.47. The van der Waals surface area contributed by atoms with Crippen LogP contribution in [0.25, 0.3) is 0 Å². The summed E-state index contributed by atoms with van der Waals surface area (Å²) >= 11 is 1.18. The number of thioether (sulfide) groups is 1. The Morgan fingerprint density at radius 1 is 1.32 bits per heavy atom. The molecule has 1 N–H and O–H groups in total. The Morgan fingerprint density at radius 3 is 2.74 bits per heavy atom. The molecular weight excluding hydrogens is 268 g/mol. The molecule has 1 aromatic rings. The normalized spacial score (nSPS) is 10.1. The first-order valence-electron chi connectivity index (χ1n) is 6.02. The van der Waals surface area contributed by atoms with Gasteiger partial charge in [-0.15, -0.1) is 0 Å². The number of hydrogen-bond donors (Lipinski definition) is 1. The SMILES string of the molecule is CCCOc1nc(NCC)nc(SCC(=O)OC)n1.